The largest absolute Gasteiger partial charge is 0.497 e. The van der Waals surface area contributed by atoms with Gasteiger partial charge in [0.1, 0.15) is 29.6 Å². The predicted molar refractivity (Wildman–Crippen MR) is 538 cm³/mol. The van der Waals surface area contributed by atoms with E-state index in [0.717, 1.165) is 81.6 Å². The van der Waals surface area contributed by atoms with Crippen LogP contribution in [0.4, 0.5) is 0 Å². The number of hydrogen-bond acceptors (Lipinski definition) is 17. The van der Waals surface area contributed by atoms with E-state index < -0.39 is 132 Å². The van der Waals surface area contributed by atoms with Crippen molar-refractivity contribution >= 4 is 30.4 Å². The van der Waals surface area contributed by atoms with E-state index in [1.54, 1.807) is 50.6 Å². The van der Waals surface area contributed by atoms with E-state index in [0.29, 0.717) is 53.4 Å². The number of carboxylic acid groups (broad SMARTS) is 2. The van der Waals surface area contributed by atoms with Crippen molar-refractivity contribution in [2.75, 3.05) is 53.4 Å². The summed E-state index contributed by atoms with van der Waals surface area (Å²) in [5.41, 5.74) is -4.91. The Balaban J connectivity index is 1.24. The van der Waals surface area contributed by atoms with Crippen molar-refractivity contribution in [3.05, 3.63) is 178 Å². The normalized spacial score (nSPS) is 17.1. The number of benzene rings is 4. The van der Waals surface area contributed by atoms with Gasteiger partial charge in [-0.3, -0.25) is 42.5 Å². The summed E-state index contributed by atoms with van der Waals surface area (Å²) in [7, 11) is 0.656. The third-order valence-corrected chi connectivity index (χ3v) is 30.2. The van der Waals surface area contributed by atoms with Gasteiger partial charge in [0.15, 0.2) is 22.2 Å². The summed E-state index contributed by atoms with van der Waals surface area (Å²) in [5, 5.41) is 35.9. The molecule has 0 amide bonds. The Morgan fingerprint density at radius 2 is 0.851 bits per heavy atom. The molecule has 0 bridgehead atoms. The number of nitrogens with zero attached hydrogens (tertiary/aromatic N) is 3. The number of aryl methyl sites for hydroxylation is 2. The van der Waals surface area contributed by atoms with Crippen LogP contribution in [0.25, 0.3) is 0 Å². The summed E-state index contributed by atoms with van der Waals surface area (Å²) < 4.78 is 77.1. The number of H-pyrrole nitrogens is 2. The van der Waals surface area contributed by atoms with Crippen LogP contribution >= 0.6 is 7.78 Å². The Morgan fingerprint density at radius 1 is 0.493 bits per heavy atom. The second-order valence-electron chi connectivity index (χ2n) is 37.8. The minimum absolute atomic E-state index is 0.0710. The zero-order valence-corrected chi connectivity index (χ0v) is 84.4. The number of unbranched alkanes of at least 4 members (excludes halogenated alkanes) is 45. The number of ether oxygens (including phenoxy) is 8. The molecular formula is C109H166N5O18PS. The van der Waals surface area contributed by atoms with Gasteiger partial charge in [0.2, 0.25) is 5.75 Å². The molecule has 6 aromatic rings. The number of hydrogen-bond donors (Lipinski definition) is 4. The van der Waals surface area contributed by atoms with Crippen LogP contribution in [0.5, 0.6) is 28.7 Å². The molecule has 4 heterocycles. The van der Waals surface area contributed by atoms with Crippen molar-refractivity contribution in [2.45, 2.75) is 399 Å². The molecular weight excluding hydrogens is 1730 g/mol. The highest BCUT2D eigenvalue weighted by molar-refractivity contribution is 8.37. The molecule has 2 aliphatic rings. The second-order valence-corrected chi connectivity index (χ2v) is 41.2. The average molecular weight is 1900 g/mol. The maximum atomic E-state index is 16.4. The highest BCUT2D eigenvalue weighted by Gasteiger charge is 2.65. The van der Waals surface area contributed by atoms with Gasteiger partial charge in [-0.2, -0.15) is 5.26 Å². The Labute approximate surface area is 804 Å². The molecule has 2 aliphatic heterocycles. The van der Waals surface area contributed by atoms with Crippen LogP contribution in [0.2, 0.25) is 0 Å². The topological polar surface area (TPSA) is 308 Å². The molecule has 0 saturated carbocycles. The van der Waals surface area contributed by atoms with Gasteiger partial charge in [-0.15, -0.1) is 0 Å². The molecule has 0 radical (unpaired) electrons. The molecule has 2 fully saturated rings. The van der Waals surface area contributed by atoms with Crippen molar-refractivity contribution in [1.29, 1.82) is 5.26 Å². The van der Waals surface area contributed by atoms with Crippen LogP contribution < -0.4 is 46.2 Å². The van der Waals surface area contributed by atoms with Gasteiger partial charge >= 0.3 is 23.3 Å². The maximum absolute atomic E-state index is 16.4. The first-order valence-electron chi connectivity index (χ1n) is 52.0. The molecule has 2 aromatic heterocycles. The third kappa shape index (κ3) is 36.8. The lowest BCUT2D eigenvalue weighted by atomic mass is 9.56. The number of aromatic nitrogens is 4. The summed E-state index contributed by atoms with van der Waals surface area (Å²) in [6.07, 6.45) is 53.2. The standard InChI is InChI=1S/C109H166N5O18PS/c1-8-11-14-17-20-23-26-29-32-35-38-41-44-47-50-56-71-126-94-75-86(76-95(127-72-57-51-48-45-42-39-36-33-30-27-24-21-18-15-12-9-2)101(94)128-73-58-52-49-46-43-40-37-34-31-28-25-22-19-16-13-10-3)79-108(105(119)120,93-78-99(114-81-85(5)103(116)112-107(114)122)132-97(93)83-130-134(123)133-74-59-70-110)100(104(117)118)92-77-98(113-80-84(4)102(115)111-106(113)121)131-96(92)82-129-109(87-60-54-53-55-61-87,88-62-66-90(124-6)67-63-88)89-64-68-91(125-7)69-65-89/h53-55,60-69,75-76,80-81,92-93,96-100,133H,8-52,56-59,71-74,77-79,82-83H2,1-7H3,(H,117,118)(H,119,120)(H,111,115,121)(H,112,116,122)/t92-,93+,96+,97+,98+,99+,100?,108?,134?/m0/s1. The van der Waals surface area contributed by atoms with Crippen LogP contribution in [0.15, 0.2) is 123 Å². The Hall–Kier alpha value is -7.91. The van der Waals surface area contributed by atoms with E-state index in [2.05, 4.69) is 36.8 Å². The van der Waals surface area contributed by atoms with Gasteiger partial charge in [0.05, 0.1) is 76.9 Å². The van der Waals surface area contributed by atoms with Gasteiger partial charge in [0, 0.05) is 49.6 Å². The number of nitrogens with one attached hydrogen (secondary N) is 2. The Morgan fingerprint density at radius 3 is 1.22 bits per heavy atom. The fraction of sp³-hybridized carbons (Fsp3) is 0.679. The average Bonchev–Trinajstić information content (AvgIpc) is 1.52. The molecule has 4 unspecified atom stereocenters. The van der Waals surface area contributed by atoms with Crippen LogP contribution in [0.1, 0.15) is 394 Å². The van der Waals surface area contributed by atoms with Crippen molar-refractivity contribution in [3.8, 4) is 34.8 Å². The van der Waals surface area contributed by atoms with Gasteiger partial charge in [-0.1, -0.05) is 364 Å². The van der Waals surface area contributed by atoms with Crippen molar-refractivity contribution in [2.24, 2.45) is 23.2 Å². The summed E-state index contributed by atoms with van der Waals surface area (Å²) in [6, 6.07) is 29.7. The molecule has 25 heteroatoms. The zero-order valence-electron chi connectivity index (χ0n) is 82.5. The van der Waals surface area contributed by atoms with Crippen LogP contribution in [0, 0.1) is 48.3 Å². The van der Waals surface area contributed by atoms with Crippen molar-refractivity contribution in [3.63, 3.8) is 0 Å². The van der Waals surface area contributed by atoms with E-state index in [9.17, 15) is 38.9 Å². The fourth-order valence-corrected chi connectivity index (χ4v) is 21.8. The lowest BCUT2D eigenvalue weighted by Gasteiger charge is -2.45. The van der Waals surface area contributed by atoms with Crippen LogP contribution in [0.3, 0.4) is 0 Å². The smallest absolute Gasteiger partial charge is 0.330 e. The SMILES string of the molecule is CCCCCCCCCCCCCCCCCCOc1cc(CC(C(=O)O)(C(C(=O)O)[C@H]2C[C@H](n3cc(C)c(=O)[nH]c3=O)O[C@@H]2COC(c2ccccc2)(c2ccc(OC)cc2)c2ccc(OC)cc2)[C@@H]2C[C@H](n3cc(C)c(=O)[nH]c3=O)O[C@@H]2COS(=O)PCCC#N)cc(OCCCCCCCCCCCCCCCCCC)c1OCCCCCCCCCCCCCCCCCC. The maximum Gasteiger partial charge on any atom is 0.330 e. The van der Waals surface area contributed by atoms with Gasteiger partial charge in [-0.25, -0.2) is 13.8 Å². The van der Waals surface area contributed by atoms with Crippen LogP contribution in [-0.4, -0.2) is 111 Å². The molecule has 0 spiro atoms. The quantitative estimate of drug-likeness (QED) is 0.0157. The monoisotopic (exact) mass is 1900 g/mol. The lowest BCUT2D eigenvalue weighted by molar-refractivity contribution is -0.177. The molecule has 4 aromatic carbocycles. The van der Waals surface area contributed by atoms with E-state index in [1.807, 2.05) is 54.6 Å². The minimum atomic E-state index is -2.64. The zero-order chi connectivity index (χ0) is 95.8. The first-order valence-corrected chi connectivity index (χ1v) is 55.0. The summed E-state index contributed by atoms with van der Waals surface area (Å²) in [6.45, 7) is 9.59. The summed E-state index contributed by atoms with van der Waals surface area (Å²) >= 11 is 0. The number of methoxy groups -OCH3 is 2. The number of rotatable bonds is 77. The lowest BCUT2D eigenvalue weighted by Crippen LogP contribution is -2.56. The molecule has 746 valence electrons. The highest BCUT2D eigenvalue weighted by Crippen LogP contribution is 2.57. The molecule has 10 atom stereocenters. The van der Waals surface area contributed by atoms with E-state index in [4.69, 9.17) is 42.1 Å². The number of aliphatic carboxylic acids is 2. The second kappa shape index (κ2) is 64.3. The number of carboxylic acids is 2. The fourth-order valence-electron chi connectivity index (χ4n) is 19.8. The molecule has 4 N–H and O–H groups in total. The Bertz CT molecular complexity index is 4480. The predicted octanol–water partition coefficient (Wildman–Crippen LogP) is 25.7. The van der Waals surface area contributed by atoms with E-state index in [-0.39, 0.29) is 60.4 Å². The molecule has 2 saturated heterocycles. The number of nitriles is 1. The van der Waals surface area contributed by atoms with Crippen molar-refractivity contribution in [1.82, 2.24) is 19.1 Å². The molecule has 23 nitrogen and oxygen atoms in total. The number of carbonyl (C=O) groups is 2. The Kier molecular flexibility index (Phi) is 53.4. The summed E-state index contributed by atoms with van der Waals surface area (Å²) in [4.78, 5) is 92.8. The highest BCUT2D eigenvalue weighted by atomic mass is 32.7. The van der Waals surface area contributed by atoms with E-state index in [1.165, 1.54) is 249 Å². The number of aromatic amines is 2. The van der Waals surface area contributed by atoms with Crippen molar-refractivity contribution < 1.29 is 66.1 Å². The van der Waals surface area contributed by atoms with Crippen LogP contribution in [-0.2, 0) is 50.7 Å². The minimum Gasteiger partial charge on any atom is -0.497 e. The van der Waals surface area contributed by atoms with Gasteiger partial charge < -0.3 is 48.1 Å². The van der Waals surface area contributed by atoms with Gasteiger partial charge in [-0.05, 0) is 117 Å². The molecule has 8 rings (SSSR count). The summed E-state index contributed by atoms with van der Waals surface area (Å²) in [5.74, 6) is -6.22. The first-order chi connectivity index (χ1) is 65.4. The van der Waals surface area contributed by atoms with E-state index >= 15 is 9.59 Å². The molecule has 0 aliphatic carbocycles. The first kappa shape index (κ1) is 111. The van der Waals surface area contributed by atoms with Gasteiger partial charge in [0.25, 0.3) is 11.1 Å². The third-order valence-electron chi connectivity index (χ3n) is 27.5. The molecule has 134 heavy (non-hydrogen) atoms.